The Morgan fingerprint density at radius 2 is 1.70 bits per heavy atom. The summed E-state index contributed by atoms with van der Waals surface area (Å²) in [6.45, 7) is 3.00. The van der Waals surface area contributed by atoms with Crippen LogP contribution in [0.25, 0.3) is 0 Å². The van der Waals surface area contributed by atoms with Crippen LogP contribution in [0, 0.1) is 6.92 Å². The topological polar surface area (TPSA) is 49.3 Å². The summed E-state index contributed by atoms with van der Waals surface area (Å²) >= 11 is 0. The van der Waals surface area contributed by atoms with E-state index in [2.05, 4.69) is 5.32 Å². The van der Waals surface area contributed by atoms with Crippen LogP contribution in [0.4, 0.5) is 14.5 Å². The van der Waals surface area contributed by atoms with E-state index in [0.717, 1.165) is 12.5 Å². The summed E-state index contributed by atoms with van der Waals surface area (Å²) < 4.78 is 27.3. The number of aryl methyl sites for hydroxylation is 1. The molecule has 23 heavy (non-hydrogen) atoms. The van der Waals surface area contributed by atoms with E-state index in [1.165, 1.54) is 24.3 Å². The van der Waals surface area contributed by atoms with Gasteiger partial charge in [0.15, 0.2) is 0 Å². The number of amides is 1. The van der Waals surface area contributed by atoms with Crippen molar-refractivity contribution < 1.29 is 18.7 Å². The van der Waals surface area contributed by atoms with Crippen molar-refractivity contribution in [3.05, 3.63) is 65.2 Å². The molecule has 0 radical (unpaired) electrons. The number of halogens is 2. The lowest BCUT2D eigenvalue weighted by Gasteiger charge is -2.19. The maximum atomic E-state index is 13.7. The summed E-state index contributed by atoms with van der Waals surface area (Å²) in [6.07, 6.45) is -1.67. The number of anilines is 1. The van der Waals surface area contributed by atoms with E-state index in [0.29, 0.717) is 11.3 Å². The van der Waals surface area contributed by atoms with Crippen LogP contribution >= 0.6 is 0 Å². The van der Waals surface area contributed by atoms with Crippen LogP contribution in [0.2, 0.25) is 0 Å². The number of carbonyl (C=O) groups excluding carboxylic acids is 1. The Bertz CT molecular complexity index is 664. The number of nitrogens with one attached hydrogen (secondary N) is 1. The third-order valence-electron chi connectivity index (χ3n) is 3.56. The minimum absolute atomic E-state index is 0.0917. The predicted octanol–water partition coefficient (Wildman–Crippen LogP) is 3.65. The molecule has 0 bridgehead atoms. The Morgan fingerprint density at radius 1 is 1.13 bits per heavy atom. The highest BCUT2D eigenvalue weighted by atomic mass is 19.3. The van der Waals surface area contributed by atoms with Crippen molar-refractivity contribution in [2.75, 3.05) is 5.32 Å². The van der Waals surface area contributed by atoms with Gasteiger partial charge in [-0.25, -0.2) is 0 Å². The molecule has 1 amide bonds. The quantitative estimate of drug-likeness (QED) is 0.884. The first-order valence-electron chi connectivity index (χ1n) is 7.31. The van der Waals surface area contributed by atoms with E-state index in [1.54, 1.807) is 12.1 Å². The molecule has 2 aromatic rings. The molecule has 1 atom stereocenters. The second-order valence-electron chi connectivity index (χ2n) is 5.59. The Kier molecular flexibility index (Phi) is 5.11. The fourth-order valence-corrected chi connectivity index (χ4v) is 2.11. The van der Waals surface area contributed by atoms with Gasteiger partial charge in [0.25, 0.3) is 5.92 Å². The number of aliphatic hydroxyl groups is 1. The zero-order chi connectivity index (χ0) is 17.0. The Labute approximate surface area is 134 Å². The number of rotatable bonds is 5. The second kappa shape index (κ2) is 6.87. The average Bonchev–Trinajstić information content (AvgIpc) is 2.50. The summed E-state index contributed by atoms with van der Waals surface area (Å²) in [5, 5.41) is 11.9. The fourth-order valence-electron chi connectivity index (χ4n) is 2.11. The maximum absolute atomic E-state index is 13.7. The van der Waals surface area contributed by atoms with Crippen LogP contribution in [-0.4, -0.2) is 17.1 Å². The van der Waals surface area contributed by atoms with Crippen molar-refractivity contribution in [2.45, 2.75) is 32.3 Å². The van der Waals surface area contributed by atoms with E-state index in [-0.39, 0.29) is 17.9 Å². The molecular weight excluding hydrogens is 300 g/mol. The molecule has 0 aliphatic heterocycles. The summed E-state index contributed by atoms with van der Waals surface area (Å²) in [5.41, 5.74) is 2.14. The highest BCUT2D eigenvalue weighted by molar-refractivity contribution is 5.92. The van der Waals surface area contributed by atoms with Gasteiger partial charge in [0, 0.05) is 11.3 Å². The minimum atomic E-state index is -3.30. The molecule has 2 N–H and O–H groups in total. The number of hydrogen-bond donors (Lipinski definition) is 2. The highest BCUT2D eigenvalue weighted by Gasteiger charge is 2.37. The Morgan fingerprint density at radius 3 is 2.22 bits per heavy atom. The molecule has 1 unspecified atom stereocenters. The first-order chi connectivity index (χ1) is 10.8. The van der Waals surface area contributed by atoms with Crippen LogP contribution in [0.1, 0.15) is 23.6 Å². The van der Waals surface area contributed by atoms with E-state index in [9.17, 15) is 13.6 Å². The summed E-state index contributed by atoms with van der Waals surface area (Å²) in [4.78, 5) is 12.0. The van der Waals surface area contributed by atoms with Gasteiger partial charge in [-0.05, 0) is 31.5 Å². The van der Waals surface area contributed by atoms with E-state index in [4.69, 9.17) is 5.11 Å². The Hall–Kier alpha value is -2.27. The lowest BCUT2D eigenvalue weighted by atomic mass is 10.0. The molecule has 0 spiro atoms. The highest BCUT2D eigenvalue weighted by Crippen LogP contribution is 2.31. The summed E-state index contributed by atoms with van der Waals surface area (Å²) in [5.74, 6) is -3.52. The molecule has 122 valence electrons. The molecule has 0 saturated heterocycles. The molecule has 0 aromatic heterocycles. The van der Waals surface area contributed by atoms with Crippen LogP contribution in [-0.2, 0) is 17.1 Å². The van der Waals surface area contributed by atoms with Gasteiger partial charge in [-0.3, -0.25) is 4.79 Å². The van der Waals surface area contributed by atoms with Crippen LogP contribution in [0.15, 0.2) is 48.5 Å². The van der Waals surface area contributed by atoms with Crippen molar-refractivity contribution >= 4 is 11.6 Å². The molecule has 0 aliphatic rings. The Balaban J connectivity index is 2.00. The molecule has 0 aliphatic carbocycles. The SMILES string of the molecule is Cc1ccc(NC(=O)Cc2ccc(C(F)(F)C(C)O)cc2)cc1. The third kappa shape index (κ3) is 4.36. The molecule has 3 nitrogen and oxygen atoms in total. The number of hydrogen-bond acceptors (Lipinski definition) is 2. The van der Waals surface area contributed by atoms with E-state index in [1.807, 2.05) is 19.1 Å². The number of benzene rings is 2. The first kappa shape index (κ1) is 17.1. The molecule has 2 rings (SSSR count). The van der Waals surface area contributed by atoms with Crippen LogP contribution in [0.3, 0.4) is 0 Å². The smallest absolute Gasteiger partial charge is 0.298 e. The number of alkyl halides is 2. The van der Waals surface area contributed by atoms with E-state index >= 15 is 0 Å². The maximum Gasteiger partial charge on any atom is 0.298 e. The van der Waals surface area contributed by atoms with Crippen molar-refractivity contribution in [1.29, 1.82) is 0 Å². The van der Waals surface area contributed by atoms with Crippen molar-refractivity contribution in [2.24, 2.45) is 0 Å². The second-order valence-corrected chi connectivity index (χ2v) is 5.59. The van der Waals surface area contributed by atoms with Crippen molar-refractivity contribution in [1.82, 2.24) is 0 Å². The van der Waals surface area contributed by atoms with Gasteiger partial charge in [-0.1, -0.05) is 42.0 Å². The van der Waals surface area contributed by atoms with Gasteiger partial charge in [0.2, 0.25) is 5.91 Å². The normalized spacial score (nSPS) is 12.7. The van der Waals surface area contributed by atoms with Crippen molar-refractivity contribution in [3.63, 3.8) is 0 Å². The third-order valence-corrected chi connectivity index (χ3v) is 3.56. The van der Waals surface area contributed by atoms with Crippen LogP contribution < -0.4 is 5.32 Å². The molecule has 2 aromatic carbocycles. The van der Waals surface area contributed by atoms with Gasteiger partial charge < -0.3 is 10.4 Å². The molecular formula is C18H19F2NO2. The fraction of sp³-hybridized carbons (Fsp3) is 0.278. The monoisotopic (exact) mass is 319 g/mol. The zero-order valence-corrected chi connectivity index (χ0v) is 13.0. The minimum Gasteiger partial charge on any atom is -0.387 e. The molecule has 0 fully saturated rings. The van der Waals surface area contributed by atoms with Crippen LogP contribution in [0.5, 0.6) is 0 Å². The van der Waals surface area contributed by atoms with Gasteiger partial charge in [-0.2, -0.15) is 8.78 Å². The summed E-state index contributed by atoms with van der Waals surface area (Å²) in [7, 11) is 0. The summed E-state index contributed by atoms with van der Waals surface area (Å²) in [6, 6.07) is 12.8. The largest absolute Gasteiger partial charge is 0.387 e. The van der Waals surface area contributed by atoms with E-state index < -0.39 is 12.0 Å². The van der Waals surface area contributed by atoms with Crippen molar-refractivity contribution in [3.8, 4) is 0 Å². The standard InChI is InChI=1S/C18H19F2NO2/c1-12-3-9-16(10-4-12)21-17(23)11-14-5-7-15(8-6-14)18(19,20)13(2)22/h3-10,13,22H,11H2,1-2H3,(H,21,23). The lowest BCUT2D eigenvalue weighted by Crippen LogP contribution is -2.27. The average molecular weight is 319 g/mol. The first-order valence-corrected chi connectivity index (χ1v) is 7.31. The lowest BCUT2D eigenvalue weighted by molar-refractivity contribution is -0.115. The predicted molar refractivity (Wildman–Crippen MR) is 85.5 cm³/mol. The number of carbonyl (C=O) groups is 1. The van der Waals surface area contributed by atoms with Gasteiger partial charge >= 0.3 is 0 Å². The zero-order valence-electron chi connectivity index (χ0n) is 13.0. The molecule has 5 heteroatoms. The van der Waals surface area contributed by atoms with Gasteiger partial charge in [0.1, 0.15) is 6.10 Å². The molecule has 0 heterocycles. The molecule has 0 saturated carbocycles. The number of aliphatic hydroxyl groups excluding tert-OH is 1. The van der Waals surface area contributed by atoms with Gasteiger partial charge in [-0.15, -0.1) is 0 Å². The van der Waals surface area contributed by atoms with Gasteiger partial charge in [0.05, 0.1) is 6.42 Å².